The molecule has 0 saturated carbocycles. The first-order chi connectivity index (χ1) is 10.2. The summed E-state index contributed by atoms with van der Waals surface area (Å²) in [6.07, 6.45) is 3.82. The molecule has 4 heteroatoms. The molecular formula is C17H16ClNO2. The number of anilines is 1. The van der Waals surface area contributed by atoms with E-state index in [0.29, 0.717) is 11.4 Å². The predicted octanol–water partition coefficient (Wildman–Crippen LogP) is 3.53. The Kier molecular flexibility index (Phi) is 5.55. The lowest BCUT2D eigenvalue weighted by Crippen LogP contribution is -2.07. The van der Waals surface area contributed by atoms with Crippen molar-refractivity contribution in [3.8, 4) is 0 Å². The van der Waals surface area contributed by atoms with Gasteiger partial charge in [-0.05, 0) is 47.9 Å². The Labute approximate surface area is 128 Å². The normalized spacial score (nSPS) is 10.8. The van der Waals surface area contributed by atoms with Gasteiger partial charge in [-0.2, -0.15) is 0 Å². The van der Waals surface area contributed by atoms with E-state index in [-0.39, 0.29) is 12.5 Å². The monoisotopic (exact) mass is 301 g/mol. The Morgan fingerprint density at radius 2 is 1.76 bits per heavy atom. The van der Waals surface area contributed by atoms with Gasteiger partial charge < -0.3 is 10.4 Å². The molecule has 0 saturated heterocycles. The molecule has 3 nitrogen and oxygen atoms in total. The molecule has 108 valence electrons. The van der Waals surface area contributed by atoms with Crippen molar-refractivity contribution in [2.24, 2.45) is 0 Å². The van der Waals surface area contributed by atoms with Gasteiger partial charge in [0.25, 0.3) is 0 Å². The highest BCUT2D eigenvalue weighted by molar-refractivity contribution is 6.30. The van der Waals surface area contributed by atoms with Gasteiger partial charge in [0.05, 0.1) is 0 Å². The number of carbonyl (C=O) groups excluding carboxylic acids is 1. The number of hydrogen-bond donors (Lipinski definition) is 2. The average molecular weight is 302 g/mol. The summed E-state index contributed by atoms with van der Waals surface area (Å²) >= 11 is 5.80. The molecule has 0 heterocycles. The maximum atomic E-state index is 11.8. The zero-order valence-electron chi connectivity index (χ0n) is 11.4. The molecule has 2 aromatic carbocycles. The lowest BCUT2D eigenvalue weighted by Gasteiger charge is -2.03. The fraction of sp³-hybridized carbons (Fsp3) is 0.118. The van der Waals surface area contributed by atoms with Gasteiger partial charge in [-0.15, -0.1) is 0 Å². The van der Waals surface area contributed by atoms with E-state index < -0.39 is 0 Å². The maximum Gasteiger partial charge on any atom is 0.248 e. The van der Waals surface area contributed by atoms with Gasteiger partial charge in [0, 0.05) is 23.4 Å². The Morgan fingerprint density at radius 1 is 1.10 bits per heavy atom. The largest absolute Gasteiger partial charge is 0.396 e. The molecule has 0 fully saturated rings. The number of rotatable bonds is 5. The van der Waals surface area contributed by atoms with E-state index in [1.165, 1.54) is 6.08 Å². The SMILES string of the molecule is O=C(C=Cc1ccc(Cl)cc1)Nc1ccc(CCO)cc1. The summed E-state index contributed by atoms with van der Waals surface area (Å²) in [5.74, 6) is -0.195. The van der Waals surface area contributed by atoms with Gasteiger partial charge >= 0.3 is 0 Å². The van der Waals surface area contributed by atoms with Gasteiger partial charge in [-0.1, -0.05) is 35.9 Å². The van der Waals surface area contributed by atoms with Crippen LogP contribution in [0.1, 0.15) is 11.1 Å². The molecule has 0 aliphatic carbocycles. The fourth-order valence-corrected chi connectivity index (χ4v) is 1.94. The number of nitrogens with one attached hydrogen (secondary N) is 1. The van der Waals surface area contributed by atoms with Crippen molar-refractivity contribution in [1.82, 2.24) is 0 Å². The topological polar surface area (TPSA) is 49.3 Å². The minimum absolute atomic E-state index is 0.121. The smallest absolute Gasteiger partial charge is 0.248 e. The maximum absolute atomic E-state index is 11.8. The van der Waals surface area contributed by atoms with Crippen molar-refractivity contribution in [3.05, 3.63) is 70.8 Å². The van der Waals surface area contributed by atoms with E-state index >= 15 is 0 Å². The van der Waals surface area contributed by atoms with Crippen LogP contribution >= 0.6 is 11.6 Å². The fourth-order valence-electron chi connectivity index (χ4n) is 1.81. The van der Waals surface area contributed by atoms with Crippen LogP contribution in [-0.2, 0) is 11.2 Å². The first kappa shape index (κ1) is 15.3. The van der Waals surface area contributed by atoms with Crippen LogP contribution < -0.4 is 5.32 Å². The molecule has 0 aliphatic rings. The van der Waals surface area contributed by atoms with Crippen LogP contribution in [0.15, 0.2) is 54.6 Å². The van der Waals surface area contributed by atoms with Crippen molar-refractivity contribution in [1.29, 1.82) is 0 Å². The van der Waals surface area contributed by atoms with Crippen LogP contribution in [0.4, 0.5) is 5.69 Å². The molecular weight excluding hydrogens is 286 g/mol. The molecule has 2 aromatic rings. The summed E-state index contributed by atoms with van der Waals surface area (Å²) < 4.78 is 0. The van der Waals surface area contributed by atoms with E-state index in [4.69, 9.17) is 16.7 Å². The second-order valence-corrected chi connectivity index (χ2v) is 4.98. The highest BCUT2D eigenvalue weighted by Gasteiger charge is 1.98. The number of hydrogen-bond acceptors (Lipinski definition) is 2. The molecule has 0 radical (unpaired) electrons. The summed E-state index contributed by atoms with van der Waals surface area (Å²) in [6.45, 7) is 0.121. The Morgan fingerprint density at radius 3 is 2.38 bits per heavy atom. The van der Waals surface area contributed by atoms with Crippen molar-refractivity contribution >= 4 is 29.3 Å². The summed E-state index contributed by atoms with van der Waals surface area (Å²) in [5.41, 5.74) is 2.67. The molecule has 0 spiro atoms. The van der Waals surface area contributed by atoms with Gasteiger partial charge in [-0.3, -0.25) is 4.79 Å². The van der Waals surface area contributed by atoms with E-state index in [1.54, 1.807) is 18.2 Å². The highest BCUT2D eigenvalue weighted by atomic mass is 35.5. The minimum atomic E-state index is -0.195. The zero-order chi connectivity index (χ0) is 15.1. The second-order valence-electron chi connectivity index (χ2n) is 4.54. The molecule has 0 unspecified atom stereocenters. The number of halogens is 1. The van der Waals surface area contributed by atoms with Crippen LogP contribution in [0.3, 0.4) is 0 Å². The zero-order valence-corrected chi connectivity index (χ0v) is 12.2. The summed E-state index contributed by atoms with van der Waals surface area (Å²) in [6, 6.07) is 14.6. The van der Waals surface area contributed by atoms with Crippen LogP contribution in [0.25, 0.3) is 6.08 Å². The van der Waals surface area contributed by atoms with Gasteiger partial charge in [-0.25, -0.2) is 0 Å². The van der Waals surface area contributed by atoms with Gasteiger partial charge in [0.1, 0.15) is 0 Å². The molecule has 0 bridgehead atoms. The third kappa shape index (κ3) is 5.06. The lowest BCUT2D eigenvalue weighted by atomic mass is 10.1. The molecule has 0 aliphatic heterocycles. The average Bonchev–Trinajstić information content (AvgIpc) is 2.49. The Balaban J connectivity index is 1.93. The van der Waals surface area contributed by atoms with E-state index in [9.17, 15) is 4.79 Å². The Bertz CT molecular complexity index is 618. The molecule has 1 amide bonds. The van der Waals surface area contributed by atoms with Crippen molar-refractivity contribution in [2.75, 3.05) is 11.9 Å². The van der Waals surface area contributed by atoms with Crippen molar-refractivity contribution < 1.29 is 9.90 Å². The molecule has 0 aromatic heterocycles. The summed E-state index contributed by atoms with van der Waals surface area (Å²) in [4.78, 5) is 11.8. The standard InChI is InChI=1S/C17H16ClNO2/c18-15-6-1-13(2-7-15)5-10-17(21)19-16-8-3-14(4-9-16)11-12-20/h1-10,20H,11-12H2,(H,19,21). The van der Waals surface area contributed by atoms with E-state index in [2.05, 4.69) is 5.32 Å². The van der Waals surface area contributed by atoms with Crippen LogP contribution in [0, 0.1) is 0 Å². The molecule has 21 heavy (non-hydrogen) atoms. The predicted molar refractivity (Wildman–Crippen MR) is 86.3 cm³/mol. The molecule has 2 rings (SSSR count). The first-order valence-electron chi connectivity index (χ1n) is 6.62. The summed E-state index contributed by atoms with van der Waals surface area (Å²) in [5, 5.41) is 12.3. The number of benzene rings is 2. The number of carbonyl (C=O) groups is 1. The van der Waals surface area contributed by atoms with Crippen LogP contribution in [0.5, 0.6) is 0 Å². The van der Waals surface area contributed by atoms with Crippen molar-refractivity contribution in [3.63, 3.8) is 0 Å². The lowest BCUT2D eigenvalue weighted by molar-refractivity contribution is -0.111. The second kappa shape index (κ2) is 7.62. The van der Waals surface area contributed by atoms with Crippen LogP contribution in [0.2, 0.25) is 5.02 Å². The third-order valence-electron chi connectivity index (χ3n) is 2.92. The number of aliphatic hydroxyl groups excluding tert-OH is 1. The summed E-state index contributed by atoms with van der Waals surface area (Å²) in [7, 11) is 0. The minimum Gasteiger partial charge on any atom is -0.396 e. The van der Waals surface area contributed by atoms with Crippen molar-refractivity contribution in [2.45, 2.75) is 6.42 Å². The highest BCUT2D eigenvalue weighted by Crippen LogP contribution is 2.12. The quantitative estimate of drug-likeness (QED) is 0.830. The number of aliphatic hydroxyl groups is 1. The van der Waals surface area contributed by atoms with Gasteiger partial charge in [0.2, 0.25) is 5.91 Å². The Hall–Kier alpha value is -2.10. The molecule has 2 N–H and O–H groups in total. The van der Waals surface area contributed by atoms with E-state index in [0.717, 1.165) is 16.8 Å². The molecule has 0 atom stereocenters. The van der Waals surface area contributed by atoms with Gasteiger partial charge in [0.15, 0.2) is 0 Å². The first-order valence-corrected chi connectivity index (χ1v) is 6.99. The van der Waals surface area contributed by atoms with Crippen LogP contribution in [-0.4, -0.2) is 17.6 Å². The third-order valence-corrected chi connectivity index (χ3v) is 3.17. The number of amides is 1. The van der Waals surface area contributed by atoms with E-state index in [1.807, 2.05) is 36.4 Å².